The Morgan fingerprint density at radius 3 is 2.66 bits per heavy atom. The lowest BCUT2D eigenvalue weighted by molar-refractivity contribution is 0.299. The maximum absolute atomic E-state index is 9.09. The lowest BCUT2D eigenvalue weighted by atomic mass is 10.0. The minimum atomic E-state index is 0.387. The number of nitrogens with zero attached hydrogens (tertiary/aromatic N) is 3. The fourth-order valence-corrected chi connectivity index (χ4v) is 3.33. The van der Waals surface area contributed by atoms with Crippen LogP contribution in [0.4, 0.5) is 0 Å². The number of allylic oxidation sites excluding steroid dienone is 5. The van der Waals surface area contributed by atoms with Crippen LogP contribution in [0.15, 0.2) is 66.0 Å². The van der Waals surface area contributed by atoms with E-state index in [2.05, 4.69) is 35.4 Å². The molecule has 164 valence electrons. The van der Waals surface area contributed by atoms with Gasteiger partial charge in [-0.05, 0) is 55.2 Å². The Bertz CT molecular complexity index is 1100. The first-order valence-corrected chi connectivity index (χ1v) is 11.0. The molecule has 0 atom stereocenters. The molecule has 0 fully saturated rings. The number of benzene rings is 1. The first-order valence-electron chi connectivity index (χ1n) is 11.0. The van der Waals surface area contributed by atoms with Crippen molar-refractivity contribution in [3.8, 4) is 17.9 Å². The van der Waals surface area contributed by atoms with Gasteiger partial charge in [-0.1, -0.05) is 45.1 Å². The highest BCUT2D eigenvalue weighted by Gasteiger charge is 2.13. The van der Waals surface area contributed by atoms with Gasteiger partial charge in [0.25, 0.3) is 0 Å². The minimum Gasteiger partial charge on any atom is -0.487 e. The van der Waals surface area contributed by atoms with Gasteiger partial charge < -0.3 is 10.1 Å². The number of nitrogens with one attached hydrogen (secondary N) is 1. The van der Waals surface area contributed by atoms with Gasteiger partial charge in [-0.25, -0.2) is 0 Å². The van der Waals surface area contributed by atoms with Crippen molar-refractivity contribution < 1.29 is 4.74 Å². The Labute approximate surface area is 191 Å². The van der Waals surface area contributed by atoms with Crippen LogP contribution in [-0.2, 0) is 19.6 Å². The van der Waals surface area contributed by atoms with Crippen LogP contribution >= 0.6 is 0 Å². The highest BCUT2D eigenvalue weighted by atomic mass is 16.5. The molecule has 3 rings (SSSR count). The van der Waals surface area contributed by atoms with Crippen LogP contribution in [0.25, 0.3) is 0 Å². The number of ether oxygens (including phenoxy) is 1. The largest absolute Gasteiger partial charge is 0.487 e. The van der Waals surface area contributed by atoms with Gasteiger partial charge in [-0.3, -0.25) is 4.98 Å². The van der Waals surface area contributed by atoms with Crippen LogP contribution in [0.1, 0.15) is 55.1 Å². The van der Waals surface area contributed by atoms with Crippen LogP contribution in [0.2, 0.25) is 0 Å². The maximum atomic E-state index is 9.09. The summed E-state index contributed by atoms with van der Waals surface area (Å²) in [6.45, 7) is 9.06. The Kier molecular flexibility index (Phi) is 9.75. The molecule has 0 amide bonds. The van der Waals surface area contributed by atoms with E-state index in [0.717, 1.165) is 46.7 Å². The summed E-state index contributed by atoms with van der Waals surface area (Å²) in [5.74, 6) is 0.804. The van der Waals surface area contributed by atoms with E-state index in [1.807, 2.05) is 63.4 Å². The predicted molar refractivity (Wildman–Crippen MR) is 128 cm³/mol. The van der Waals surface area contributed by atoms with Gasteiger partial charge in [0.2, 0.25) is 0 Å². The van der Waals surface area contributed by atoms with Gasteiger partial charge in [-0.15, -0.1) is 0 Å². The van der Waals surface area contributed by atoms with E-state index in [1.54, 1.807) is 6.07 Å². The molecule has 5 nitrogen and oxygen atoms in total. The summed E-state index contributed by atoms with van der Waals surface area (Å²) in [5, 5.41) is 21.6. The standard InChI is InChI=1S/C25H24N4O.C2H6/c1-3-24-22(16-29-23-9-5-6-19(13-26)10-11-23)15-28-18(2)25(24)30-17-21-8-4-7-20(12-21)14-27;1-2/h4,6-12,15,29H,3,5,16-17H2,1-2H3;1-2H3. The van der Waals surface area contributed by atoms with Crippen molar-refractivity contribution in [1.82, 2.24) is 10.3 Å². The number of rotatable bonds is 7. The van der Waals surface area contributed by atoms with Crippen LogP contribution < -0.4 is 10.1 Å². The van der Waals surface area contributed by atoms with Gasteiger partial charge in [-0.2, -0.15) is 10.5 Å². The lowest BCUT2D eigenvalue weighted by Gasteiger charge is -2.17. The van der Waals surface area contributed by atoms with E-state index in [1.165, 1.54) is 0 Å². The van der Waals surface area contributed by atoms with Crippen molar-refractivity contribution >= 4 is 0 Å². The summed E-state index contributed by atoms with van der Waals surface area (Å²) in [5.41, 5.74) is 6.28. The minimum absolute atomic E-state index is 0.387. The molecule has 0 spiro atoms. The van der Waals surface area contributed by atoms with Crippen molar-refractivity contribution in [2.24, 2.45) is 0 Å². The highest BCUT2D eigenvalue weighted by molar-refractivity contribution is 5.43. The summed E-state index contributed by atoms with van der Waals surface area (Å²) in [6, 6.07) is 11.8. The van der Waals surface area contributed by atoms with Gasteiger partial charge in [0.05, 0.1) is 23.4 Å². The maximum Gasteiger partial charge on any atom is 0.144 e. The zero-order valence-corrected chi connectivity index (χ0v) is 19.3. The van der Waals surface area contributed by atoms with E-state index in [9.17, 15) is 0 Å². The topological polar surface area (TPSA) is 81.7 Å². The molecule has 0 aliphatic heterocycles. The molecule has 1 aromatic heterocycles. The smallest absolute Gasteiger partial charge is 0.144 e. The Balaban J connectivity index is 0.00000176. The summed E-state index contributed by atoms with van der Waals surface area (Å²) in [4.78, 5) is 4.53. The molecule has 1 aliphatic rings. The van der Waals surface area contributed by atoms with E-state index >= 15 is 0 Å². The van der Waals surface area contributed by atoms with Crippen molar-refractivity contribution in [1.29, 1.82) is 10.5 Å². The van der Waals surface area contributed by atoms with Gasteiger partial charge in [0.15, 0.2) is 0 Å². The number of aromatic nitrogens is 1. The second-order valence-corrected chi connectivity index (χ2v) is 6.98. The normalized spacial score (nSPS) is 12.2. The molecule has 32 heavy (non-hydrogen) atoms. The molecule has 1 N–H and O–H groups in total. The fraction of sp³-hybridized carbons (Fsp3) is 0.296. The van der Waals surface area contributed by atoms with E-state index in [4.69, 9.17) is 15.3 Å². The molecule has 0 unspecified atom stereocenters. The Morgan fingerprint density at radius 2 is 1.94 bits per heavy atom. The first-order chi connectivity index (χ1) is 15.6. The monoisotopic (exact) mass is 426 g/mol. The third-order valence-corrected chi connectivity index (χ3v) is 4.93. The van der Waals surface area contributed by atoms with Gasteiger partial charge in [0.1, 0.15) is 12.4 Å². The van der Waals surface area contributed by atoms with Crippen LogP contribution in [0.3, 0.4) is 0 Å². The van der Waals surface area contributed by atoms with E-state index in [0.29, 0.717) is 24.3 Å². The molecule has 0 radical (unpaired) electrons. The third kappa shape index (κ3) is 6.59. The first kappa shape index (κ1) is 24.4. The predicted octanol–water partition coefficient (Wildman–Crippen LogP) is 5.81. The molecule has 0 bridgehead atoms. The van der Waals surface area contributed by atoms with Crippen molar-refractivity contribution in [2.75, 3.05) is 0 Å². The average molecular weight is 427 g/mol. The quantitative estimate of drug-likeness (QED) is 0.604. The summed E-state index contributed by atoms with van der Waals surface area (Å²) in [6.07, 6.45) is 11.2. The van der Waals surface area contributed by atoms with Crippen LogP contribution in [0, 0.1) is 29.6 Å². The molecule has 1 heterocycles. The van der Waals surface area contributed by atoms with Crippen molar-refractivity contribution in [2.45, 2.75) is 53.7 Å². The number of aryl methyl sites for hydroxylation is 1. The molecule has 5 heteroatoms. The number of hydrogen-bond donors (Lipinski definition) is 1. The number of nitriles is 2. The summed E-state index contributed by atoms with van der Waals surface area (Å²) < 4.78 is 6.15. The SMILES string of the molecule is CC.CCc1c(CNC2=CCC=C(C#N)C=C2)cnc(C)c1OCc1cccc(C#N)c1. The zero-order valence-electron chi connectivity index (χ0n) is 19.3. The molecule has 2 aromatic rings. The second kappa shape index (κ2) is 12.8. The molecular formula is C27H30N4O. The second-order valence-electron chi connectivity index (χ2n) is 6.98. The summed E-state index contributed by atoms with van der Waals surface area (Å²) >= 11 is 0. The molecule has 0 saturated heterocycles. The Morgan fingerprint density at radius 1 is 1.12 bits per heavy atom. The fourth-order valence-electron chi connectivity index (χ4n) is 3.33. The molecule has 1 aromatic carbocycles. The van der Waals surface area contributed by atoms with Crippen LogP contribution in [0.5, 0.6) is 5.75 Å². The van der Waals surface area contributed by atoms with Crippen molar-refractivity contribution in [3.05, 3.63) is 94.0 Å². The Hall–Kier alpha value is -3.83. The zero-order chi connectivity index (χ0) is 23.3. The van der Waals surface area contributed by atoms with E-state index in [-0.39, 0.29) is 0 Å². The number of hydrogen-bond acceptors (Lipinski definition) is 5. The molecule has 1 aliphatic carbocycles. The van der Waals surface area contributed by atoms with Gasteiger partial charge >= 0.3 is 0 Å². The lowest BCUT2D eigenvalue weighted by Crippen LogP contribution is -2.14. The number of pyridine rings is 1. The third-order valence-electron chi connectivity index (χ3n) is 4.93. The van der Waals surface area contributed by atoms with Gasteiger partial charge in [0, 0.05) is 29.6 Å². The van der Waals surface area contributed by atoms with Crippen molar-refractivity contribution in [3.63, 3.8) is 0 Å². The highest BCUT2D eigenvalue weighted by Crippen LogP contribution is 2.27. The molecule has 0 saturated carbocycles. The van der Waals surface area contributed by atoms with Crippen LogP contribution in [-0.4, -0.2) is 4.98 Å². The molecular weight excluding hydrogens is 396 g/mol. The van der Waals surface area contributed by atoms with E-state index < -0.39 is 0 Å². The summed E-state index contributed by atoms with van der Waals surface area (Å²) in [7, 11) is 0. The average Bonchev–Trinajstić information content (AvgIpc) is 3.08.